The number of rotatable bonds is 5. The molecular formula is C19H18N2O2. The number of aromatic hydroxyl groups is 1. The van der Waals surface area contributed by atoms with E-state index in [-0.39, 0.29) is 18.1 Å². The number of amides is 1. The fourth-order valence-electron chi connectivity index (χ4n) is 2.60. The topological polar surface area (TPSA) is 62.2 Å². The maximum atomic E-state index is 12.0. The summed E-state index contributed by atoms with van der Waals surface area (Å²) in [6, 6.07) is 16.9. The molecule has 4 nitrogen and oxygen atoms in total. The summed E-state index contributed by atoms with van der Waals surface area (Å²) in [6.45, 7) is 0.544. The first-order chi connectivity index (χ1) is 11.2. The minimum absolute atomic E-state index is 0.0975. The highest BCUT2D eigenvalue weighted by Gasteiger charge is 2.07. The maximum Gasteiger partial charge on any atom is 0.224 e. The number of benzene rings is 2. The van der Waals surface area contributed by atoms with Crippen molar-refractivity contribution >= 4 is 16.8 Å². The van der Waals surface area contributed by atoms with Crippen molar-refractivity contribution in [2.75, 3.05) is 6.54 Å². The van der Waals surface area contributed by atoms with E-state index in [2.05, 4.69) is 10.3 Å². The minimum Gasteiger partial charge on any atom is -0.508 e. The van der Waals surface area contributed by atoms with Gasteiger partial charge in [0.15, 0.2) is 0 Å². The van der Waals surface area contributed by atoms with E-state index in [9.17, 15) is 9.90 Å². The zero-order valence-electron chi connectivity index (χ0n) is 12.7. The van der Waals surface area contributed by atoms with Crippen molar-refractivity contribution in [2.24, 2.45) is 0 Å². The third kappa shape index (κ3) is 3.66. The van der Waals surface area contributed by atoms with Gasteiger partial charge in [0.2, 0.25) is 5.91 Å². The number of nitrogens with zero attached hydrogens (tertiary/aromatic N) is 1. The summed E-state index contributed by atoms with van der Waals surface area (Å²) in [7, 11) is 0. The molecule has 4 heteroatoms. The number of carbonyl (C=O) groups excluding carboxylic acids is 1. The van der Waals surface area contributed by atoms with Gasteiger partial charge in [-0.2, -0.15) is 0 Å². The van der Waals surface area contributed by atoms with Crippen LogP contribution in [0.3, 0.4) is 0 Å². The number of para-hydroxylation sites is 2. The Kier molecular flexibility index (Phi) is 4.52. The SMILES string of the molecule is O=C(Cc1ccccc1O)NCCc1cccc2cccnc12. The summed E-state index contributed by atoms with van der Waals surface area (Å²) >= 11 is 0. The van der Waals surface area contributed by atoms with Crippen molar-refractivity contribution in [3.8, 4) is 5.75 Å². The van der Waals surface area contributed by atoms with Crippen LogP contribution in [0.25, 0.3) is 10.9 Å². The maximum absolute atomic E-state index is 12.0. The molecule has 0 fully saturated rings. The third-order valence-corrected chi connectivity index (χ3v) is 3.78. The highest BCUT2D eigenvalue weighted by Crippen LogP contribution is 2.17. The lowest BCUT2D eigenvalue weighted by atomic mass is 10.1. The van der Waals surface area contributed by atoms with Gasteiger partial charge in [0.25, 0.3) is 0 Å². The quantitative estimate of drug-likeness (QED) is 0.762. The molecule has 23 heavy (non-hydrogen) atoms. The highest BCUT2D eigenvalue weighted by atomic mass is 16.3. The van der Waals surface area contributed by atoms with E-state index < -0.39 is 0 Å². The Balaban J connectivity index is 1.58. The van der Waals surface area contributed by atoms with Crippen LogP contribution in [-0.2, 0) is 17.6 Å². The molecule has 3 aromatic rings. The van der Waals surface area contributed by atoms with E-state index in [1.54, 1.807) is 24.4 Å². The van der Waals surface area contributed by atoms with Gasteiger partial charge in [0, 0.05) is 23.7 Å². The van der Waals surface area contributed by atoms with Crippen molar-refractivity contribution in [2.45, 2.75) is 12.8 Å². The summed E-state index contributed by atoms with van der Waals surface area (Å²) in [5.41, 5.74) is 2.73. The first kappa shape index (κ1) is 15.0. The molecule has 2 N–H and O–H groups in total. The largest absolute Gasteiger partial charge is 0.508 e. The van der Waals surface area contributed by atoms with Gasteiger partial charge < -0.3 is 10.4 Å². The molecular weight excluding hydrogens is 288 g/mol. The summed E-state index contributed by atoms with van der Waals surface area (Å²) in [5.74, 6) is 0.0561. The molecule has 0 spiro atoms. The van der Waals surface area contributed by atoms with E-state index in [0.29, 0.717) is 12.1 Å². The van der Waals surface area contributed by atoms with Gasteiger partial charge in [-0.3, -0.25) is 9.78 Å². The number of hydrogen-bond acceptors (Lipinski definition) is 3. The van der Waals surface area contributed by atoms with E-state index in [0.717, 1.165) is 22.9 Å². The van der Waals surface area contributed by atoms with Crippen molar-refractivity contribution in [1.82, 2.24) is 10.3 Å². The number of carbonyl (C=O) groups is 1. The third-order valence-electron chi connectivity index (χ3n) is 3.78. The average molecular weight is 306 g/mol. The van der Waals surface area contributed by atoms with Gasteiger partial charge >= 0.3 is 0 Å². The molecule has 2 aromatic carbocycles. The molecule has 0 unspecified atom stereocenters. The van der Waals surface area contributed by atoms with Gasteiger partial charge in [-0.15, -0.1) is 0 Å². The zero-order valence-corrected chi connectivity index (χ0v) is 12.7. The van der Waals surface area contributed by atoms with Crippen LogP contribution in [0.2, 0.25) is 0 Å². The molecule has 0 atom stereocenters. The minimum atomic E-state index is -0.0975. The molecule has 0 aliphatic heterocycles. The van der Waals surface area contributed by atoms with Crippen LogP contribution in [0.5, 0.6) is 5.75 Å². The standard InChI is InChI=1S/C19H18N2O2/c22-17-9-2-1-5-16(17)13-18(23)20-12-10-15-7-3-6-14-8-4-11-21-19(14)15/h1-9,11,22H,10,12-13H2,(H,20,23). The smallest absolute Gasteiger partial charge is 0.224 e. The molecule has 1 amide bonds. The molecule has 1 heterocycles. The normalized spacial score (nSPS) is 10.6. The number of hydrogen-bond donors (Lipinski definition) is 2. The van der Waals surface area contributed by atoms with Gasteiger partial charge in [-0.1, -0.05) is 42.5 Å². The van der Waals surface area contributed by atoms with Crippen LogP contribution < -0.4 is 5.32 Å². The van der Waals surface area contributed by atoms with Crippen molar-refractivity contribution in [1.29, 1.82) is 0 Å². The highest BCUT2D eigenvalue weighted by molar-refractivity contribution is 5.82. The summed E-state index contributed by atoms with van der Waals surface area (Å²) in [4.78, 5) is 16.4. The van der Waals surface area contributed by atoms with Crippen molar-refractivity contribution in [3.63, 3.8) is 0 Å². The van der Waals surface area contributed by atoms with E-state index in [1.165, 1.54) is 0 Å². The number of fused-ring (bicyclic) bond motifs is 1. The first-order valence-electron chi connectivity index (χ1n) is 7.60. The molecule has 0 aliphatic rings. The van der Waals surface area contributed by atoms with Gasteiger partial charge in [0.05, 0.1) is 11.9 Å². The fourth-order valence-corrected chi connectivity index (χ4v) is 2.60. The van der Waals surface area contributed by atoms with E-state index >= 15 is 0 Å². The molecule has 0 aliphatic carbocycles. The Bertz CT molecular complexity index is 825. The van der Waals surface area contributed by atoms with Crippen LogP contribution in [0.1, 0.15) is 11.1 Å². The molecule has 116 valence electrons. The fraction of sp³-hybridized carbons (Fsp3) is 0.158. The number of phenols is 1. The lowest BCUT2D eigenvalue weighted by molar-refractivity contribution is -0.120. The Morgan fingerprint density at radius 2 is 1.78 bits per heavy atom. The van der Waals surface area contributed by atoms with Crippen LogP contribution in [0.4, 0.5) is 0 Å². The summed E-state index contributed by atoms with van der Waals surface area (Å²) < 4.78 is 0. The molecule has 3 rings (SSSR count). The van der Waals surface area contributed by atoms with Crippen molar-refractivity contribution in [3.05, 3.63) is 71.9 Å². The second-order valence-electron chi connectivity index (χ2n) is 5.40. The van der Waals surface area contributed by atoms with Crippen LogP contribution >= 0.6 is 0 Å². The van der Waals surface area contributed by atoms with Gasteiger partial charge in [0.1, 0.15) is 5.75 Å². The second kappa shape index (κ2) is 6.92. The summed E-state index contributed by atoms with van der Waals surface area (Å²) in [6.07, 6.45) is 2.68. The van der Waals surface area contributed by atoms with Gasteiger partial charge in [-0.05, 0) is 24.1 Å². The molecule has 1 aromatic heterocycles. The Morgan fingerprint density at radius 3 is 2.65 bits per heavy atom. The van der Waals surface area contributed by atoms with E-state index in [1.807, 2.05) is 36.4 Å². The van der Waals surface area contributed by atoms with Crippen LogP contribution in [-0.4, -0.2) is 22.5 Å². The monoisotopic (exact) mass is 306 g/mol. The second-order valence-corrected chi connectivity index (χ2v) is 5.40. The Labute approximate surface area is 134 Å². The number of aromatic nitrogens is 1. The predicted octanol–water partition coefficient (Wildman–Crippen LogP) is 2.84. The van der Waals surface area contributed by atoms with E-state index in [4.69, 9.17) is 0 Å². The predicted molar refractivity (Wildman–Crippen MR) is 90.3 cm³/mol. The number of pyridine rings is 1. The molecule has 0 saturated heterocycles. The number of nitrogens with one attached hydrogen (secondary N) is 1. The lowest BCUT2D eigenvalue weighted by Crippen LogP contribution is -2.27. The Hall–Kier alpha value is -2.88. The molecule has 0 bridgehead atoms. The summed E-state index contributed by atoms with van der Waals surface area (Å²) in [5, 5.41) is 13.7. The molecule has 0 saturated carbocycles. The number of phenolic OH excluding ortho intramolecular Hbond substituents is 1. The van der Waals surface area contributed by atoms with Crippen LogP contribution in [0.15, 0.2) is 60.8 Å². The van der Waals surface area contributed by atoms with Gasteiger partial charge in [-0.25, -0.2) is 0 Å². The average Bonchev–Trinajstić information content (AvgIpc) is 2.57. The Morgan fingerprint density at radius 1 is 1.00 bits per heavy atom. The van der Waals surface area contributed by atoms with Crippen molar-refractivity contribution < 1.29 is 9.90 Å². The van der Waals surface area contributed by atoms with Crippen LogP contribution in [0, 0.1) is 0 Å². The molecule has 0 radical (unpaired) electrons. The first-order valence-corrected chi connectivity index (χ1v) is 7.60. The zero-order chi connectivity index (χ0) is 16.1. The lowest BCUT2D eigenvalue weighted by Gasteiger charge is -2.08.